The van der Waals surface area contributed by atoms with Crippen LogP contribution in [0.4, 0.5) is 10.5 Å². The van der Waals surface area contributed by atoms with Crippen LogP contribution in [0.2, 0.25) is 0 Å². The number of benzene rings is 3. The summed E-state index contributed by atoms with van der Waals surface area (Å²) in [6, 6.07) is 20.3. The number of rotatable bonds is 6. The molecule has 1 aliphatic carbocycles. The molecule has 0 radical (unpaired) electrons. The minimum absolute atomic E-state index is 0.00240. The molecule has 1 N–H and O–H groups in total. The molecule has 0 saturated carbocycles. The zero-order valence-electron chi connectivity index (χ0n) is 19.5. The number of amides is 1. The fourth-order valence-electron chi connectivity index (χ4n) is 5.36. The molecule has 1 heterocycles. The van der Waals surface area contributed by atoms with E-state index in [1.807, 2.05) is 36.4 Å². The molecule has 5 rings (SSSR count). The standard InChI is InChI=1S/C28H29NO5/c1-32-19-15-25-27(26(16-19)33-2)18(12-14-30)11-13-29(25)28(31)34-17-24-22-9-5-3-7-20(22)21-8-4-6-10-23(21)24/h3-10,15-16,18,24,30H,11-14,17H2,1-2H3/t18-/m0/s1. The lowest BCUT2D eigenvalue weighted by molar-refractivity contribution is 0.149. The van der Waals surface area contributed by atoms with Crippen LogP contribution in [0.1, 0.15) is 41.4 Å². The Bertz CT molecular complexity index is 1160. The average molecular weight is 460 g/mol. The number of ether oxygens (including phenoxy) is 3. The second-order valence-electron chi connectivity index (χ2n) is 8.72. The highest BCUT2D eigenvalue weighted by Crippen LogP contribution is 2.47. The molecular weight excluding hydrogens is 430 g/mol. The van der Waals surface area contributed by atoms with Gasteiger partial charge in [0.1, 0.15) is 18.1 Å². The summed E-state index contributed by atoms with van der Waals surface area (Å²) in [7, 11) is 3.20. The number of anilines is 1. The topological polar surface area (TPSA) is 68.2 Å². The number of aliphatic hydroxyl groups is 1. The molecule has 1 amide bonds. The summed E-state index contributed by atoms with van der Waals surface area (Å²) in [4.78, 5) is 15.0. The van der Waals surface area contributed by atoms with Crippen molar-refractivity contribution in [1.82, 2.24) is 0 Å². The van der Waals surface area contributed by atoms with Gasteiger partial charge in [0.25, 0.3) is 0 Å². The van der Waals surface area contributed by atoms with Crippen molar-refractivity contribution in [3.8, 4) is 22.6 Å². The number of hydrogen-bond acceptors (Lipinski definition) is 5. The Hall–Kier alpha value is -3.51. The Morgan fingerprint density at radius 2 is 1.68 bits per heavy atom. The molecular formula is C28H29NO5. The SMILES string of the molecule is COc1cc(OC)c2c(c1)N(C(=O)OCC1c3ccccc3-c3ccccc31)CC[C@H]2CCO. The summed E-state index contributed by atoms with van der Waals surface area (Å²) in [5.41, 5.74) is 6.39. The van der Waals surface area contributed by atoms with E-state index >= 15 is 0 Å². The number of nitrogens with zero attached hydrogens (tertiary/aromatic N) is 1. The van der Waals surface area contributed by atoms with E-state index in [0.717, 1.165) is 17.7 Å². The number of methoxy groups -OCH3 is 2. The van der Waals surface area contributed by atoms with E-state index in [2.05, 4.69) is 24.3 Å². The predicted octanol–water partition coefficient (Wildman–Crippen LogP) is 5.33. The fraction of sp³-hybridized carbons (Fsp3) is 0.321. The van der Waals surface area contributed by atoms with Crippen LogP contribution in [0.15, 0.2) is 60.7 Å². The largest absolute Gasteiger partial charge is 0.497 e. The normalized spacial score (nSPS) is 16.4. The van der Waals surface area contributed by atoms with Gasteiger partial charge in [0.2, 0.25) is 0 Å². The predicted molar refractivity (Wildman–Crippen MR) is 131 cm³/mol. The lowest BCUT2D eigenvalue weighted by Gasteiger charge is -2.35. The summed E-state index contributed by atoms with van der Waals surface area (Å²) in [6.07, 6.45) is 0.940. The third-order valence-corrected chi connectivity index (χ3v) is 6.98. The van der Waals surface area contributed by atoms with Gasteiger partial charge < -0.3 is 19.3 Å². The molecule has 6 nitrogen and oxygen atoms in total. The van der Waals surface area contributed by atoms with Crippen molar-refractivity contribution in [2.24, 2.45) is 0 Å². The van der Waals surface area contributed by atoms with Gasteiger partial charge in [-0.25, -0.2) is 4.79 Å². The zero-order chi connectivity index (χ0) is 23.7. The maximum absolute atomic E-state index is 13.4. The molecule has 176 valence electrons. The van der Waals surface area contributed by atoms with Crippen LogP contribution in [0.3, 0.4) is 0 Å². The van der Waals surface area contributed by atoms with Crippen molar-refractivity contribution in [3.05, 3.63) is 77.4 Å². The van der Waals surface area contributed by atoms with Crippen LogP contribution in [0.5, 0.6) is 11.5 Å². The number of carbonyl (C=O) groups is 1. The summed E-state index contributed by atoms with van der Waals surface area (Å²) < 4.78 is 17.0. The maximum atomic E-state index is 13.4. The highest BCUT2D eigenvalue weighted by molar-refractivity contribution is 5.91. The van der Waals surface area contributed by atoms with Gasteiger partial charge in [-0.2, -0.15) is 0 Å². The van der Waals surface area contributed by atoms with Crippen molar-refractivity contribution in [2.75, 3.05) is 38.9 Å². The Kier molecular flexibility index (Phi) is 6.16. The second-order valence-corrected chi connectivity index (χ2v) is 8.72. The van der Waals surface area contributed by atoms with Crippen LogP contribution in [0, 0.1) is 0 Å². The molecule has 0 aromatic heterocycles. The van der Waals surface area contributed by atoms with Gasteiger partial charge in [-0.05, 0) is 41.0 Å². The average Bonchev–Trinajstić information content (AvgIpc) is 3.20. The van der Waals surface area contributed by atoms with Gasteiger partial charge in [0.15, 0.2) is 0 Å². The molecule has 34 heavy (non-hydrogen) atoms. The minimum Gasteiger partial charge on any atom is -0.497 e. The summed E-state index contributed by atoms with van der Waals surface area (Å²) >= 11 is 0. The van der Waals surface area contributed by atoms with Gasteiger partial charge in [-0.1, -0.05) is 48.5 Å². The smallest absolute Gasteiger partial charge is 0.414 e. The van der Waals surface area contributed by atoms with Crippen LogP contribution in [0.25, 0.3) is 11.1 Å². The first-order valence-electron chi connectivity index (χ1n) is 11.7. The highest BCUT2D eigenvalue weighted by atomic mass is 16.6. The minimum atomic E-state index is -0.388. The number of hydrogen-bond donors (Lipinski definition) is 1. The van der Waals surface area contributed by atoms with E-state index < -0.39 is 0 Å². The lowest BCUT2D eigenvalue weighted by Crippen LogP contribution is -2.38. The molecule has 3 aromatic rings. The Balaban J connectivity index is 1.43. The van der Waals surface area contributed by atoms with Crippen molar-refractivity contribution in [1.29, 1.82) is 0 Å². The molecule has 1 atom stereocenters. The first-order valence-corrected chi connectivity index (χ1v) is 11.7. The molecule has 2 aliphatic rings. The number of aliphatic hydroxyl groups excluding tert-OH is 1. The second kappa shape index (κ2) is 9.39. The van der Waals surface area contributed by atoms with Crippen LogP contribution < -0.4 is 14.4 Å². The first kappa shape index (κ1) is 22.3. The zero-order valence-corrected chi connectivity index (χ0v) is 19.5. The number of carbonyl (C=O) groups excluding carboxylic acids is 1. The van der Waals surface area contributed by atoms with Gasteiger partial charge in [-0.15, -0.1) is 0 Å². The van der Waals surface area contributed by atoms with Crippen LogP contribution in [-0.4, -0.2) is 45.2 Å². The van der Waals surface area contributed by atoms with E-state index in [0.29, 0.717) is 24.5 Å². The quantitative estimate of drug-likeness (QED) is 0.540. The Labute approximate surface area is 199 Å². The summed E-state index contributed by atoms with van der Waals surface area (Å²) in [5.74, 6) is 1.36. The van der Waals surface area contributed by atoms with Gasteiger partial charge in [0.05, 0.1) is 19.9 Å². The van der Waals surface area contributed by atoms with Gasteiger partial charge in [0, 0.05) is 36.8 Å². The molecule has 0 fully saturated rings. The van der Waals surface area contributed by atoms with Gasteiger partial charge in [-0.3, -0.25) is 4.90 Å². The summed E-state index contributed by atoms with van der Waals surface area (Å²) in [6.45, 7) is 0.842. The molecule has 0 spiro atoms. The highest BCUT2D eigenvalue weighted by Gasteiger charge is 2.34. The fourth-order valence-corrected chi connectivity index (χ4v) is 5.36. The third kappa shape index (κ3) is 3.78. The molecule has 0 saturated heterocycles. The van der Waals surface area contributed by atoms with Crippen molar-refractivity contribution >= 4 is 11.8 Å². The third-order valence-electron chi connectivity index (χ3n) is 6.98. The lowest BCUT2D eigenvalue weighted by atomic mass is 9.87. The molecule has 0 unspecified atom stereocenters. The molecule has 3 aromatic carbocycles. The van der Waals surface area contributed by atoms with Gasteiger partial charge >= 0.3 is 6.09 Å². The van der Waals surface area contributed by atoms with E-state index in [4.69, 9.17) is 14.2 Å². The monoisotopic (exact) mass is 459 g/mol. The first-order chi connectivity index (χ1) is 16.7. The van der Waals surface area contributed by atoms with Crippen LogP contribution in [-0.2, 0) is 4.74 Å². The molecule has 6 heteroatoms. The van der Waals surface area contributed by atoms with Crippen molar-refractivity contribution in [3.63, 3.8) is 0 Å². The van der Waals surface area contributed by atoms with E-state index in [1.54, 1.807) is 19.1 Å². The van der Waals surface area contributed by atoms with Crippen molar-refractivity contribution in [2.45, 2.75) is 24.7 Å². The molecule has 0 bridgehead atoms. The van der Waals surface area contributed by atoms with Crippen LogP contribution >= 0.6 is 0 Å². The number of fused-ring (bicyclic) bond motifs is 4. The van der Waals surface area contributed by atoms with Crippen molar-refractivity contribution < 1.29 is 24.1 Å². The molecule has 1 aliphatic heterocycles. The summed E-state index contributed by atoms with van der Waals surface area (Å²) in [5, 5.41) is 9.58. The van der Waals surface area contributed by atoms with E-state index in [9.17, 15) is 9.90 Å². The Morgan fingerprint density at radius 3 is 2.29 bits per heavy atom. The van der Waals surface area contributed by atoms with E-state index in [-0.39, 0.29) is 31.1 Å². The maximum Gasteiger partial charge on any atom is 0.414 e. The van der Waals surface area contributed by atoms with E-state index in [1.165, 1.54) is 22.3 Å². The Morgan fingerprint density at radius 1 is 1.00 bits per heavy atom.